The van der Waals surface area contributed by atoms with E-state index in [0.29, 0.717) is 6.54 Å². The molecule has 1 fully saturated rings. The van der Waals surface area contributed by atoms with Crippen LogP contribution in [0, 0.1) is 0 Å². The Labute approximate surface area is 132 Å². The van der Waals surface area contributed by atoms with Gasteiger partial charge in [-0.2, -0.15) is 0 Å². The second kappa shape index (κ2) is 6.44. The van der Waals surface area contributed by atoms with Gasteiger partial charge in [0.2, 0.25) is 10.0 Å². The third-order valence-corrected chi connectivity index (χ3v) is 5.43. The van der Waals surface area contributed by atoms with Crippen LogP contribution in [0.25, 0.3) is 0 Å². The van der Waals surface area contributed by atoms with E-state index in [1.165, 1.54) is 10.6 Å². The highest BCUT2D eigenvalue weighted by Gasteiger charge is 2.27. The zero-order chi connectivity index (χ0) is 15.6. The Morgan fingerprint density at radius 1 is 1.00 bits per heavy atom. The van der Waals surface area contributed by atoms with Gasteiger partial charge in [0.1, 0.15) is 0 Å². The van der Waals surface area contributed by atoms with Crippen molar-refractivity contribution < 1.29 is 13.2 Å². The Bertz CT molecular complexity index is 614. The second-order valence-electron chi connectivity index (χ2n) is 5.76. The molecular weight excluding hydrogens is 302 g/mol. The molecule has 0 aliphatic carbocycles. The summed E-state index contributed by atoms with van der Waals surface area (Å²) in [6.45, 7) is 6.70. The molecule has 0 atom stereocenters. The molecule has 7 heteroatoms. The summed E-state index contributed by atoms with van der Waals surface area (Å²) in [5, 5.41) is 0. The third-order valence-electron chi connectivity index (χ3n) is 4.25. The zero-order valence-electron chi connectivity index (χ0n) is 12.9. The quantitative estimate of drug-likeness (QED) is 0.812. The fourth-order valence-corrected chi connectivity index (χ4v) is 3.98. The van der Waals surface area contributed by atoms with Gasteiger partial charge in [0, 0.05) is 32.7 Å². The smallest absolute Gasteiger partial charge is 0.232 e. The molecule has 122 valence electrons. The molecular formula is C15H23N3O3S. The van der Waals surface area contributed by atoms with Crippen LogP contribution in [0.4, 0.5) is 11.4 Å². The van der Waals surface area contributed by atoms with Crippen molar-refractivity contribution in [1.82, 2.24) is 4.90 Å². The number of fused-ring (bicyclic) bond motifs is 1. The summed E-state index contributed by atoms with van der Waals surface area (Å²) in [6.07, 6.45) is 1.27. The number of sulfonamides is 1. The molecule has 0 amide bonds. The lowest BCUT2D eigenvalue weighted by molar-refractivity contribution is 0.0392. The molecule has 0 unspecified atom stereocenters. The molecule has 2 heterocycles. The van der Waals surface area contributed by atoms with Gasteiger partial charge in [-0.05, 0) is 12.1 Å². The van der Waals surface area contributed by atoms with E-state index in [0.717, 1.165) is 57.3 Å². The molecule has 2 aliphatic rings. The molecule has 2 aliphatic heterocycles. The summed E-state index contributed by atoms with van der Waals surface area (Å²) in [6, 6.07) is 7.75. The molecule has 0 aromatic heterocycles. The maximum atomic E-state index is 11.9. The number of para-hydroxylation sites is 2. The number of anilines is 2. The Kier molecular flexibility index (Phi) is 4.56. The minimum atomic E-state index is -3.22. The van der Waals surface area contributed by atoms with Gasteiger partial charge in [-0.3, -0.25) is 9.21 Å². The van der Waals surface area contributed by atoms with Crippen molar-refractivity contribution in [2.45, 2.75) is 0 Å². The molecule has 0 N–H and O–H groups in total. The number of benzene rings is 1. The van der Waals surface area contributed by atoms with Crippen molar-refractivity contribution in [3.8, 4) is 0 Å². The summed E-state index contributed by atoms with van der Waals surface area (Å²) in [5.41, 5.74) is 1.80. The highest BCUT2D eigenvalue weighted by atomic mass is 32.2. The predicted octanol–water partition coefficient (Wildman–Crippen LogP) is 0.605. The van der Waals surface area contributed by atoms with Crippen molar-refractivity contribution in [3.63, 3.8) is 0 Å². The van der Waals surface area contributed by atoms with Gasteiger partial charge in [-0.25, -0.2) is 8.42 Å². The monoisotopic (exact) mass is 325 g/mol. The van der Waals surface area contributed by atoms with Crippen LogP contribution in [-0.2, 0) is 14.8 Å². The average molecular weight is 325 g/mol. The summed E-state index contributed by atoms with van der Waals surface area (Å²) < 4.78 is 30.8. The highest BCUT2D eigenvalue weighted by molar-refractivity contribution is 7.92. The predicted molar refractivity (Wildman–Crippen MR) is 88.1 cm³/mol. The first-order chi connectivity index (χ1) is 10.6. The maximum absolute atomic E-state index is 11.9. The number of hydrogen-bond donors (Lipinski definition) is 0. The van der Waals surface area contributed by atoms with E-state index in [-0.39, 0.29) is 0 Å². The summed E-state index contributed by atoms with van der Waals surface area (Å²) in [7, 11) is -3.22. The summed E-state index contributed by atoms with van der Waals surface area (Å²) in [5.74, 6) is 0. The molecule has 0 bridgehead atoms. The molecule has 1 aromatic carbocycles. The van der Waals surface area contributed by atoms with Crippen LogP contribution in [0.3, 0.4) is 0 Å². The lowest BCUT2D eigenvalue weighted by Gasteiger charge is -2.38. The average Bonchev–Trinajstić information content (AvgIpc) is 2.52. The lowest BCUT2D eigenvalue weighted by atomic mass is 10.2. The van der Waals surface area contributed by atoms with Crippen LogP contribution in [0.5, 0.6) is 0 Å². The maximum Gasteiger partial charge on any atom is 0.232 e. The van der Waals surface area contributed by atoms with Crippen molar-refractivity contribution in [2.24, 2.45) is 0 Å². The van der Waals surface area contributed by atoms with Crippen LogP contribution in [0.15, 0.2) is 24.3 Å². The Morgan fingerprint density at radius 3 is 2.36 bits per heavy atom. The van der Waals surface area contributed by atoms with Gasteiger partial charge in [0.05, 0.1) is 37.4 Å². The molecule has 0 saturated carbocycles. The van der Waals surface area contributed by atoms with Crippen molar-refractivity contribution in [2.75, 3.05) is 67.9 Å². The van der Waals surface area contributed by atoms with E-state index in [9.17, 15) is 8.42 Å². The SMILES string of the molecule is CS(=O)(=O)N1CCN(CCN2CCOCC2)c2ccccc21. The first kappa shape index (κ1) is 15.6. The van der Waals surface area contributed by atoms with Gasteiger partial charge >= 0.3 is 0 Å². The van der Waals surface area contributed by atoms with E-state index in [1.54, 1.807) is 0 Å². The second-order valence-corrected chi connectivity index (χ2v) is 7.67. The fourth-order valence-electron chi connectivity index (χ4n) is 3.06. The summed E-state index contributed by atoms with van der Waals surface area (Å²) >= 11 is 0. The van der Waals surface area contributed by atoms with E-state index >= 15 is 0 Å². The van der Waals surface area contributed by atoms with Crippen LogP contribution in [-0.4, -0.2) is 72.1 Å². The molecule has 3 rings (SSSR count). The standard InChI is InChI=1S/C15H23N3O3S/c1-22(19,20)18-9-8-17(14-4-2-3-5-15(14)18)7-6-16-10-12-21-13-11-16/h2-5H,6-13H2,1H3. The summed E-state index contributed by atoms with van der Waals surface area (Å²) in [4.78, 5) is 4.68. The largest absolute Gasteiger partial charge is 0.379 e. The first-order valence-corrected chi connectivity index (χ1v) is 9.52. The minimum Gasteiger partial charge on any atom is -0.379 e. The Hall–Kier alpha value is -1.31. The Balaban J connectivity index is 1.73. The number of hydrogen-bond acceptors (Lipinski definition) is 5. The zero-order valence-corrected chi connectivity index (χ0v) is 13.8. The van der Waals surface area contributed by atoms with Crippen LogP contribution in [0.1, 0.15) is 0 Å². The molecule has 22 heavy (non-hydrogen) atoms. The van der Waals surface area contributed by atoms with Gasteiger partial charge in [0.25, 0.3) is 0 Å². The van der Waals surface area contributed by atoms with Gasteiger partial charge < -0.3 is 9.64 Å². The first-order valence-electron chi connectivity index (χ1n) is 7.67. The van der Waals surface area contributed by atoms with Crippen molar-refractivity contribution >= 4 is 21.4 Å². The third kappa shape index (κ3) is 3.37. The highest BCUT2D eigenvalue weighted by Crippen LogP contribution is 2.33. The topological polar surface area (TPSA) is 53.1 Å². The van der Waals surface area contributed by atoms with Crippen LogP contribution in [0.2, 0.25) is 0 Å². The molecule has 6 nitrogen and oxygen atoms in total. The molecule has 1 saturated heterocycles. The van der Waals surface area contributed by atoms with Crippen LogP contribution >= 0.6 is 0 Å². The van der Waals surface area contributed by atoms with Gasteiger partial charge in [-0.15, -0.1) is 0 Å². The van der Waals surface area contributed by atoms with Crippen molar-refractivity contribution in [3.05, 3.63) is 24.3 Å². The van der Waals surface area contributed by atoms with E-state index in [2.05, 4.69) is 9.80 Å². The normalized spacial score (nSPS) is 20.0. The van der Waals surface area contributed by atoms with Crippen LogP contribution < -0.4 is 9.21 Å². The fraction of sp³-hybridized carbons (Fsp3) is 0.600. The molecule has 1 aromatic rings. The lowest BCUT2D eigenvalue weighted by Crippen LogP contribution is -2.47. The number of rotatable bonds is 4. The number of morpholine rings is 1. The van der Waals surface area contributed by atoms with E-state index < -0.39 is 10.0 Å². The van der Waals surface area contributed by atoms with Crippen molar-refractivity contribution in [1.29, 1.82) is 0 Å². The van der Waals surface area contributed by atoms with E-state index in [4.69, 9.17) is 4.74 Å². The Morgan fingerprint density at radius 2 is 1.68 bits per heavy atom. The minimum absolute atomic E-state index is 0.513. The molecule has 0 spiro atoms. The number of ether oxygens (including phenoxy) is 1. The van der Waals surface area contributed by atoms with E-state index in [1.807, 2.05) is 24.3 Å². The number of nitrogens with zero attached hydrogens (tertiary/aromatic N) is 3. The van der Waals surface area contributed by atoms with Gasteiger partial charge in [-0.1, -0.05) is 12.1 Å². The van der Waals surface area contributed by atoms with Gasteiger partial charge in [0.15, 0.2) is 0 Å². The molecule has 0 radical (unpaired) electrons.